The molecule has 1 unspecified atom stereocenters. The van der Waals surface area contributed by atoms with Crippen molar-refractivity contribution in [2.75, 3.05) is 11.9 Å². The molecule has 0 aromatic carbocycles. The number of hydrogen-bond donors (Lipinski definition) is 2. The lowest BCUT2D eigenvalue weighted by Crippen LogP contribution is -2.55. The summed E-state index contributed by atoms with van der Waals surface area (Å²) >= 11 is 0. The van der Waals surface area contributed by atoms with Gasteiger partial charge in [-0.05, 0) is 38.5 Å². The summed E-state index contributed by atoms with van der Waals surface area (Å²) in [6, 6.07) is 0.209. The van der Waals surface area contributed by atoms with E-state index in [1.807, 2.05) is 0 Å². The van der Waals surface area contributed by atoms with Gasteiger partial charge in [0.05, 0.1) is 23.7 Å². The van der Waals surface area contributed by atoms with Crippen LogP contribution < -0.4 is 11.1 Å². The minimum absolute atomic E-state index is 0.00779. The quantitative estimate of drug-likeness (QED) is 0.884. The minimum atomic E-state index is -0.147. The molecule has 1 spiro atoms. The van der Waals surface area contributed by atoms with Crippen molar-refractivity contribution >= 4 is 11.6 Å². The number of carbonyl (C=O) groups excluding carboxylic acids is 1. The smallest absolute Gasteiger partial charge is 0.227 e. The molecule has 4 rings (SSSR count). The van der Waals surface area contributed by atoms with Gasteiger partial charge in [-0.2, -0.15) is 0 Å². The van der Waals surface area contributed by atoms with Crippen LogP contribution in [0.4, 0.5) is 5.69 Å². The average molecular weight is 302 g/mol. The number of hydrogen-bond acceptors (Lipinski definition) is 5. The Balaban J connectivity index is 1.31. The second-order valence-electron chi connectivity index (χ2n) is 6.98. The summed E-state index contributed by atoms with van der Waals surface area (Å²) in [5, 5.41) is 2.91. The van der Waals surface area contributed by atoms with Crippen LogP contribution in [0.15, 0.2) is 12.4 Å². The van der Waals surface area contributed by atoms with Gasteiger partial charge in [0, 0.05) is 24.5 Å². The number of amides is 1. The third kappa shape index (κ3) is 2.73. The molecule has 3 fully saturated rings. The summed E-state index contributed by atoms with van der Waals surface area (Å²) in [5.41, 5.74) is 6.54. The second-order valence-corrected chi connectivity index (χ2v) is 6.98. The highest BCUT2D eigenvalue weighted by molar-refractivity contribution is 5.93. The first-order valence-corrected chi connectivity index (χ1v) is 8.16. The van der Waals surface area contributed by atoms with Crippen LogP contribution in [0.1, 0.15) is 50.3 Å². The molecule has 3 aliphatic rings. The zero-order valence-electron chi connectivity index (χ0n) is 12.6. The van der Waals surface area contributed by atoms with Crippen LogP contribution >= 0.6 is 0 Å². The Hall–Kier alpha value is -1.53. The Kier molecular flexibility index (Phi) is 3.38. The van der Waals surface area contributed by atoms with Crippen molar-refractivity contribution < 1.29 is 9.53 Å². The predicted molar refractivity (Wildman–Crippen MR) is 81.3 cm³/mol. The highest BCUT2D eigenvalue weighted by Gasteiger charge is 2.50. The molecule has 6 nitrogen and oxygen atoms in total. The van der Waals surface area contributed by atoms with Gasteiger partial charge in [0.15, 0.2) is 0 Å². The molecule has 1 aliphatic heterocycles. The van der Waals surface area contributed by atoms with Crippen LogP contribution in [-0.4, -0.2) is 34.1 Å². The number of anilines is 1. The number of nitrogens with zero attached hydrogens (tertiary/aromatic N) is 2. The SMILES string of the molecule is NC1CCOC2(C1)CC(C(=O)Nc1cnc(C3CC3)nc1)C2. The Morgan fingerprint density at radius 1 is 1.23 bits per heavy atom. The van der Waals surface area contributed by atoms with E-state index in [-0.39, 0.29) is 23.5 Å². The third-order valence-electron chi connectivity index (χ3n) is 5.02. The lowest BCUT2D eigenvalue weighted by molar-refractivity contribution is -0.166. The van der Waals surface area contributed by atoms with Crippen LogP contribution in [0.5, 0.6) is 0 Å². The number of nitrogens with one attached hydrogen (secondary N) is 1. The molecule has 3 N–H and O–H groups in total. The van der Waals surface area contributed by atoms with Gasteiger partial charge in [0.25, 0.3) is 0 Å². The monoisotopic (exact) mass is 302 g/mol. The predicted octanol–water partition coefficient (Wildman–Crippen LogP) is 1.58. The highest BCUT2D eigenvalue weighted by Crippen LogP contribution is 2.46. The fraction of sp³-hybridized carbons (Fsp3) is 0.688. The van der Waals surface area contributed by atoms with Crippen LogP contribution in [-0.2, 0) is 9.53 Å². The maximum atomic E-state index is 12.3. The summed E-state index contributed by atoms with van der Waals surface area (Å²) < 4.78 is 5.87. The van der Waals surface area contributed by atoms with Crippen molar-refractivity contribution in [2.45, 2.75) is 56.1 Å². The summed E-state index contributed by atoms with van der Waals surface area (Å²) in [6.07, 6.45) is 9.11. The van der Waals surface area contributed by atoms with E-state index in [0.29, 0.717) is 18.2 Å². The largest absolute Gasteiger partial charge is 0.375 e. The van der Waals surface area contributed by atoms with Crippen molar-refractivity contribution in [3.63, 3.8) is 0 Å². The van der Waals surface area contributed by atoms with E-state index < -0.39 is 0 Å². The molecule has 1 aromatic heterocycles. The number of rotatable bonds is 3. The van der Waals surface area contributed by atoms with Crippen molar-refractivity contribution in [3.05, 3.63) is 18.2 Å². The maximum Gasteiger partial charge on any atom is 0.227 e. The molecule has 6 heteroatoms. The van der Waals surface area contributed by atoms with Crippen molar-refractivity contribution in [2.24, 2.45) is 11.7 Å². The first-order valence-electron chi connectivity index (χ1n) is 8.16. The standard InChI is InChI=1S/C16H22N4O2/c17-12-3-4-22-16(7-12)5-11(6-16)15(21)20-13-8-18-14(19-9-13)10-1-2-10/h8-12H,1-7,17H2,(H,20,21). The fourth-order valence-electron chi connectivity index (χ4n) is 3.57. The van der Waals surface area contributed by atoms with E-state index in [0.717, 1.165) is 31.5 Å². The molecule has 1 aromatic rings. The van der Waals surface area contributed by atoms with E-state index >= 15 is 0 Å². The van der Waals surface area contributed by atoms with Crippen LogP contribution in [0.2, 0.25) is 0 Å². The summed E-state index contributed by atoms with van der Waals surface area (Å²) in [4.78, 5) is 20.9. The first kappa shape index (κ1) is 14.1. The Morgan fingerprint density at radius 3 is 2.59 bits per heavy atom. The molecule has 0 bridgehead atoms. The Morgan fingerprint density at radius 2 is 1.95 bits per heavy atom. The molecule has 2 aliphatic carbocycles. The van der Waals surface area contributed by atoms with Gasteiger partial charge in [0.1, 0.15) is 5.82 Å². The number of aromatic nitrogens is 2. The summed E-state index contributed by atoms with van der Waals surface area (Å²) in [5.74, 6) is 1.47. The zero-order chi connectivity index (χ0) is 15.2. The Labute approximate surface area is 129 Å². The second kappa shape index (κ2) is 5.28. The zero-order valence-corrected chi connectivity index (χ0v) is 12.6. The molecule has 0 radical (unpaired) electrons. The molecular weight excluding hydrogens is 280 g/mol. The van der Waals surface area contributed by atoms with Crippen LogP contribution in [0.25, 0.3) is 0 Å². The maximum absolute atomic E-state index is 12.3. The molecule has 118 valence electrons. The van der Waals surface area contributed by atoms with Crippen molar-refractivity contribution in [1.29, 1.82) is 0 Å². The van der Waals surface area contributed by atoms with Crippen LogP contribution in [0, 0.1) is 5.92 Å². The topological polar surface area (TPSA) is 90.1 Å². The van der Waals surface area contributed by atoms with E-state index in [9.17, 15) is 4.79 Å². The van der Waals surface area contributed by atoms with Gasteiger partial charge in [-0.25, -0.2) is 9.97 Å². The normalized spacial score (nSPS) is 34.2. The highest BCUT2D eigenvalue weighted by atomic mass is 16.5. The average Bonchev–Trinajstić information content (AvgIpc) is 3.30. The fourth-order valence-corrected chi connectivity index (χ4v) is 3.57. The molecule has 1 saturated heterocycles. The number of carbonyl (C=O) groups is 1. The van der Waals surface area contributed by atoms with Gasteiger partial charge in [0.2, 0.25) is 5.91 Å². The minimum Gasteiger partial charge on any atom is -0.375 e. The first-order chi connectivity index (χ1) is 10.6. The van der Waals surface area contributed by atoms with Crippen molar-refractivity contribution in [1.82, 2.24) is 9.97 Å². The van der Waals surface area contributed by atoms with E-state index in [1.165, 1.54) is 12.8 Å². The van der Waals surface area contributed by atoms with Gasteiger partial charge >= 0.3 is 0 Å². The lowest BCUT2D eigenvalue weighted by atomic mass is 9.66. The summed E-state index contributed by atoms with van der Waals surface area (Å²) in [7, 11) is 0. The van der Waals surface area contributed by atoms with Gasteiger partial charge in [-0.1, -0.05) is 0 Å². The molecule has 2 saturated carbocycles. The molecule has 1 atom stereocenters. The van der Waals surface area contributed by atoms with E-state index in [4.69, 9.17) is 10.5 Å². The lowest BCUT2D eigenvalue weighted by Gasteiger charge is -2.50. The Bertz CT molecular complexity index is 564. The van der Waals surface area contributed by atoms with E-state index in [2.05, 4.69) is 15.3 Å². The number of nitrogens with two attached hydrogens (primary N) is 1. The van der Waals surface area contributed by atoms with Crippen LogP contribution in [0.3, 0.4) is 0 Å². The third-order valence-corrected chi connectivity index (χ3v) is 5.02. The van der Waals surface area contributed by atoms with E-state index in [1.54, 1.807) is 12.4 Å². The molecule has 22 heavy (non-hydrogen) atoms. The van der Waals surface area contributed by atoms with Crippen molar-refractivity contribution in [3.8, 4) is 0 Å². The number of ether oxygens (including phenoxy) is 1. The van der Waals surface area contributed by atoms with Gasteiger partial charge < -0.3 is 15.8 Å². The van der Waals surface area contributed by atoms with Gasteiger partial charge in [-0.15, -0.1) is 0 Å². The molecular formula is C16H22N4O2. The molecule has 1 amide bonds. The summed E-state index contributed by atoms with van der Waals surface area (Å²) in [6.45, 7) is 0.714. The van der Waals surface area contributed by atoms with Gasteiger partial charge in [-0.3, -0.25) is 4.79 Å². The molecule has 2 heterocycles.